The molecule has 8 heteroatoms. The van der Waals surface area contributed by atoms with E-state index in [4.69, 9.17) is 30.8 Å². The van der Waals surface area contributed by atoms with Crippen LogP contribution < -0.4 is 14.4 Å². The van der Waals surface area contributed by atoms with E-state index in [9.17, 15) is 0 Å². The number of hydrogen-bond donors (Lipinski definition) is 0. The number of unbranched alkanes of at least 4 members (excludes halogenated alkanes) is 1. The predicted molar refractivity (Wildman–Crippen MR) is 147 cm³/mol. The third-order valence-corrected chi connectivity index (χ3v) is 7.75. The molecule has 4 heterocycles. The van der Waals surface area contributed by atoms with Crippen molar-refractivity contribution in [1.29, 1.82) is 0 Å². The quantitative estimate of drug-likeness (QED) is 0.316. The van der Waals surface area contributed by atoms with Gasteiger partial charge in [-0.1, -0.05) is 27.2 Å². The third kappa shape index (κ3) is 7.06. The van der Waals surface area contributed by atoms with E-state index in [2.05, 4.69) is 47.7 Å². The highest BCUT2D eigenvalue weighted by molar-refractivity contribution is 6.29. The van der Waals surface area contributed by atoms with E-state index < -0.39 is 0 Å². The molecule has 2 fully saturated rings. The number of methoxy groups -OCH3 is 1. The van der Waals surface area contributed by atoms with E-state index in [1.165, 1.54) is 12.1 Å². The Hall–Kier alpha value is -1.99. The highest BCUT2D eigenvalue weighted by Gasteiger charge is 2.31. The maximum atomic E-state index is 6.54. The van der Waals surface area contributed by atoms with Crippen LogP contribution in [0.5, 0.6) is 11.6 Å². The molecule has 0 spiro atoms. The second kappa shape index (κ2) is 13.0. The number of rotatable bonds is 9. The van der Waals surface area contributed by atoms with Gasteiger partial charge in [0.2, 0.25) is 0 Å². The normalized spacial score (nSPS) is 29.0. The Labute approximate surface area is 221 Å². The summed E-state index contributed by atoms with van der Waals surface area (Å²) in [6.45, 7) is 11.4. The van der Waals surface area contributed by atoms with Crippen LogP contribution in [0.2, 0.25) is 0 Å². The summed E-state index contributed by atoms with van der Waals surface area (Å²) in [4.78, 5) is 14.0. The molecular weight excluding hydrogens is 476 g/mol. The molecule has 1 aromatic rings. The van der Waals surface area contributed by atoms with Gasteiger partial charge >= 0.3 is 0 Å². The smallest absolute Gasteiger partial charge is 0.257 e. The average molecular weight is 519 g/mol. The van der Waals surface area contributed by atoms with Crippen LogP contribution in [0.25, 0.3) is 0 Å². The van der Waals surface area contributed by atoms with Crippen LogP contribution in [-0.4, -0.2) is 73.7 Å². The molecule has 3 aliphatic heterocycles. The van der Waals surface area contributed by atoms with Crippen molar-refractivity contribution < 1.29 is 14.2 Å². The maximum Gasteiger partial charge on any atom is 0.257 e. The van der Waals surface area contributed by atoms with Crippen molar-refractivity contribution >= 4 is 23.5 Å². The van der Waals surface area contributed by atoms with Crippen LogP contribution >= 0.6 is 11.6 Å². The Morgan fingerprint density at radius 2 is 1.94 bits per heavy atom. The van der Waals surface area contributed by atoms with Crippen molar-refractivity contribution in [3.05, 3.63) is 24.0 Å². The van der Waals surface area contributed by atoms with E-state index in [1.807, 2.05) is 6.20 Å². The topological polar surface area (TPSA) is 59.4 Å². The molecule has 0 radical (unpaired) electrons. The van der Waals surface area contributed by atoms with Crippen LogP contribution in [0.4, 0.5) is 5.69 Å². The van der Waals surface area contributed by atoms with Gasteiger partial charge in [-0.15, -0.1) is 11.6 Å². The molecule has 5 atom stereocenters. The number of allylic oxidation sites excluding steroid dienone is 2. The lowest BCUT2D eigenvalue weighted by Crippen LogP contribution is -2.44. The van der Waals surface area contributed by atoms with E-state index >= 15 is 0 Å². The minimum atomic E-state index is -0.216. The van der Waals surface area contributed by atoms with Crippen molar-refractivity contribution in [2.45, 2.75) is 77.0 Å². The van der Waals surface area contributed by atoms with Gasteiger partial charge in [-0.3, -0.25) is 4.99 Å². The minimum Gasteiger partial charge on any atom is -0.488 e. The van der Waals surface area contributed by atoms with Crippen molar-refractivity contribution in [3.8, 4) is 11.6 Å². The largest absolute Gasteiger partial charge is 0.488 e. The molecular formula is C28H43ClN4O3. The first-order valence-electron chi connectivity index (χ1n) is 13.7. The molecule has 3 aliphatic rings. The third-order valence-electron chi connectivity index (χ3n) is 7.51. The van der Waals surface area contributed by atoms with Gasteiger partial charge in [-0.2, -0.15) is 0 Å². The van der Waals surface area contributed by atoms with Crippen molar-refractivity contribution in [2.75, 3.05) is 44.8 Å². The second-order valence-electron chi connectivity index (χ2n) is 10.5. The summed E-state index contributed by atoms with van der Waals surface area (Å²) in [5, 5.41) is -0.216. The standard InChI is InChI=1S/C28H43ClN4O3/c1-5-6-13-35-26-15-24(32-11-9-20(2)18-32)17-31-28(26)36-25-10-12-33(19-21(25)3)23-7-8-27(34-4)30-16-22(29)14-23/h14-17,20-22,25,27H,5-13,18-19H2,1-4H3/t20-,21?,22?,25?,27?/m1/s1. The molecule has 1 aromatic heterocycles. The molecule has 0 aliphatic carbocycles. The van der Waals surface area contributed by atoms with Crippen molar-refractivity contribution in [3.63, 3.8) is 0 Å². The Balaban J connectivity index is 1.42. The van der Waals surface area contributed by atoms with Gasteiger partial charge in [0.1, 0.15) is 12.3 Å². The van der Waals surface area contributed by atoms with Gasteiger partial charge in [0.05, 0.1) is 23.9 Å². The maximum absolute atomic E-state index is 6.54. The Kier molecular flexibility index (Phi) is 9.77. The number of halogens is 1. The molecule has 0 aromatic carbocycles. The number of ether oxygens (including phenoxy) is 3. The van der Waals surface area contributed by atoms with Crippen molar-refractivity contribution in [2.24, 2.45) is 16.8 Å². The lowest BCUT2D eigenvalue weighted by Gasteiger charge is -2.40. The number of alkyl halides is 1. The molecule has 0 amide bonds. The summed E-state index contributed by atoms with van der Waals surface area (Å²) >= 11 is 6.48. The molecule has 7 nitrogen and oxygen atoms in total. The molecule has 36 heavy (non-hydrogen) atoms. The van der Waals surface area contributed by atoms with Crippen LogP contribution in [-0.2, 0) is 4.74 Å². The molecule has 4 unspecified atom stereocenters. The van der Waals surface area contributed by atoms with Gasteiger partial charge in [0, 0.05) is 63.6 Å². The minimum absolute atomic E-state index is 0.0918. The summed E-state index contributed by atoms with van der Waals surface area (Å²) in [6, 6.07) is 2.13. The number of piperidine rings is 1. The van der Waals surface area contributed by atoms with Gasteiger partial charge in [-0.05, 0) is 37.7 Å². The van der Waals surface area contributed by atoms with Crippen molar-refractivity contribution in [1.82, 2.24) is 9.88 Å². The number of pyridine rings is 1. The van der Waals surface area contributed by atoms with E-state index in [1.54, 1.807) is 13.3 Å². The molecule has 0 saturated carbocycles. The second-order valence-corrected chi connectivity index (χ2v) is 11.0. The molecule has 2 saturated heterocycles. The Bertz CT molecular complexity index is 911. The van der Waals surface area contributed by atoms with Crippen LogP contribution in [0.15, 0.2) is 29.0 Å². The summed E-state index contributed by atoms with van der Waals surface area (Å²) < 4.78 is 18.2. The number of hydrogen-bond acceptors (Lipinski definition) is 7. The van der Waals surface area contributed by atoms with Crippen LogP contribution in [0.3, 0.4) is 0 Å². The molecule has 200 valence electrons. The van der Waals surface area contributed by atoms with Gasteiger partial charge in [0.15, 0.2) is 5.75 Å². The Morgan fingerprint density at radius 3 is 2.67 bits per heavy atom. The highest BCUT2D eigenvalue weighted by Crippen LogP contribution is 2.35. The SMILES string of the molecule is CCCCOc1cc(N2CC[C@@H](C)C2)cnc1OC1CCN(C2=CC(Cl)C=NC(OC)CC2)CC1C. The van der Waals surface area contributed by atoms with E-state index in [0.29, 0.717) is 24.3 Å². The number of aliphatic imine (C=N–C) groups is 1. The van der Waals surface area contributed by atoms with Gasteiger partial charge in [0.25, 0.3) is 5.88 Å². The zero-order valence-corrected chi connectivity index (χ0v) is 23.1. The first-order valence-corrected chi connectivity index (χ1v) is 14.1. The van der Waals surface area contributed by atoms with Crippen LogP contribution in [0, 0.1) is 11.8 Å². The lowest BCUT2D eigenvalue weighted by atomic mass is 9.95. The summed E-state index contributed by atoms with van der Waals surface area (Å²) in [5.74, 6) is 2.45. The lowest BCUT2D eigenvalue weighted by molar-refractivity contribution is 0.0560. The number of likely N-dealkylation sites (tertiary alicyclic amines) is 1. The Morgan fingerprint density at radius 1 is 1.11 bits per heavy atom. The number of nitrogens with zero attached hydrogens (tertiary/aromatic N) is 4. The predicted octanol–water partition coefficient (Wildman–Crippen LogP) is 5.52. The fourth-order valence-corrected chi connectivity index (χ4v) is 5.47. The monoisotopic (exact) mass is 518 g/mol. The highest BCUT2D eigenvalue weighted by atomic mass is 35.5. The summed E-state index contributed by atoms with van der Waals surface area (Å²) in [6.07, 6.45) is 11.9. The molecule has 0 N–H and O–H groups in total. The summed E-state index contributed by atoms with van der Waals surface area (Å²) in [5.41, 5.74) is 2.41. The number of anilines is 1. The average Bonchev–Trinajstić information content (AvgIpc) is 3.30. The first kappa shape index (κ1) is 27.1. The molecule has 4 rings (SSSR count). The van der Waals surface area contributed by atoms with Gasteiger partial charge < -0.3 is 24.0 Å². The van der Waals surface area contributed by atoms with E-state index in [-0.39, 0.29) is 17.7 Å². The summed E-state index contributed by atoms with van der Waals surface area (Å²) in [7, 11) is 1.70. The fraction of sp³-hybridized carbons (Fsp3) is 0.714. The zero-order chi connectivity index (χ0) is 25.5. The van der Waals surface area contributed by atoms with Crippen LogP contribution in [0.1, 0.15) is 59.3 Å². The first-order chi connectivity index (χ1) is 17.5. The number of aromatic nitrogens is 1. The zero-order valence-electron chi connectivity index (χ0n) is 22.4. The van der Waals surface area contributed by atoms with E-state index in [0.717, 1.165) is 69.7 Å². The van der Waals surface area contributed by atoms with Gasteiger partial charge in [-0.25, -0.2) is 4.98 Å². The fourth-order valence-electron chi connectivity index (χ4n) is 5.26. The molecule has 0 bridgehead atoms.